The first-order chi connectivity index (χ1) is 8.99. The zero-order valence-corrected chi connectivity index (χ0v) is 9.90. The number of anilines is 1. The predicted octanol–water partition coefficient (Wildman–Crippen LogP) is 1.35. The van der Waals surface area contributed by atoms with Crippen molar-refractivity contribution in [3.8, 4) is 5.75 Å². The molecule has 1 aromatic carbocycles. The fourth-order valence-corrected chi connectivity index (χ4v) is 1.47. The van der Waals surface area contributed by atoms with Crippen LogP contribution in [0, 0.1) is 0 Å². The van der Waals surface area contributed by atoms with E-state index in [0.717, 1.165) is 6.07 Å². The molecular weight excluding hydrogens is 252 g/mol. The van der Waals surface area contributed by atoms with Crippen molar-refractivity contribution in [1.29, 1.82) is 0 Å². The predicted molar refractivity (Wildman–Crippen MR) is 64.3 cm³/mol. The van der Waals surface area contributed by atoms with Gasteiger partial charge in [0.1, 0.15) is 5.75 Å². The van der Waals surface area contributed by atoms with Crippen LogP contribution in [0.1, 0.15) is 21.0 Å². The molecule has 19 heavy (non-hydrogen) atoms. The number of hydrogen-bond donors (Lipinski definition) is 2. The molecule has 1 amide bonds. The standard InChI is InChI=1S/C12H10N2O5/c1-14(7-3-2-4-8(15)5-7)11(16)9-6-10(12(17)18)19-13-9/h2-6,15H,1H3,(H,17,18). The number of carbonyl (C=O) groups is 2. The summed E-state index contributed by atoms with van der Waals surface area (Å²) in [5.41, 5.74) is 0.327. The van der Waals surface area contributed by atoms with E-state index in [1.165, 1.54) is 24.1 Å². The third-order valence-electron chi connectivity index (χ3n) is 2.46. The third-order valence-corrected chi connectivity index (χ3v) is 2.46. The van der Waals surface area contributed by atoms with Gasteiger partial charge in [0, 0.05) is 24.9 Å². The first-order valence-electron chi connectivity index (χ1n) is 5.26. The number of carboxylic acids is 1. The molecule has 2 rings (SSSR count). The SMILES string of the molecule is CN(C(=O)c1cc(C(=O)O)on1)c1cccc(O)c1. The summed E-state index contributed by atoms with van der Waals surface area (Å²) in [5, 5.41) is 21.4. The molecule has 0 aliphatic carbocycles. The Labute approximate surface area is 107 Å². The molecule has 0 spiro atoms. The lowest BCUT2D eigenvalue weighted by molar-refractivity contribution is 0.0651. The highest BCUT2D eigenvalue weighted by molar-refractivity contribution is 6.05. The number of hydrogen-bond acceptors (Lipinski definition) is 5. The lowest BCUT2D eigenvalue weighted by Crippen LogP contribution is -2.26. The smallest absolute Gasteiger partial charge is 0.374 e. The van der Waals surface area contributed by atoms with E-state index in [-0.39, 0.29) is 11.4 Å². The van der Waals surface area contributed by atoms with Crippen molar-refractivity contribution >= 4 is 17.6 Å². The molecule has 7 heteroatoms. The Balaban J connectivity index is 2.25. The summed E-state index contributed by atoms with van der Waals surface area (Å²) >= 11 is 0. The molecule has 2 N–H and O–H groups in total. The number of benzene rings is 1. The van der Waals surface area contributed by atoms with Crippen LogP contribution in [0.25, 0.3) is 0 Å². The van der Waals surface area contributed by atoms with Crippen molar-refractivity contribution in [3.63, 3.8) is 0 Å². The molecule has 1 aromatic heterocycles. The largest absolute Gasteiger partial charge is 0.508 e. The van der Waals surface area contributed by atoms with Crippen molar-refractivity contribution in [3.05, 3.63) is 41.8 Å². The number of nitrogens with zero attached hydrogens (tertiary/aromatic N) is 2. The molecule has 0 saturated heterocycles. The number of phenolic OH excluding ortho intramolecular Hbond substituents is 1. The summed E-state index contributed by atoms with van der Waals surface area (Å²) in [4.78, 5) is 23.9. The summed E-state index contributed by atoms with van der Waals surface area (Å²) in [6.07, 6.45) is 0. The minimum atomic E-state index is -1.30. The first-order valence-corrected chi connectivity index (χ1v) is 5.26. The maximum Gasteiger partial charge on any atom is 0.374 e. The van der Waals surface area contributed by atoms with Crippen LogP contribution < -0.4 is 4.90 Å². The maximum atomic E-state index is 12.0. The molecule has 7 nitrogen and oxygen atoms in total. The zero-order valence-electron chi connectivity index (χ0n) is 9.90. The van der Waals surface area contributed by atoms with E-state index in [4.69, 9.17) is 5.11 Å². The van der Waals surface area contributed by atoms with Crippen molar-refractivity contribution in [2.24, 2.45) is 0 Å². The number of aromatic hydroxyl groups is 1. The third kappa shape index (κ3) is 2.54. The molecule has 0 atom stereocenters. The second-order valence-electron chi connectivity index (χ2n) is 3.77. The van der Waals surface area contributed by atoms with Gasteiger partial charge in [-0.2, -0.15) is 0 Å². The van der Waals surface area contributed by atoms with Gasteiger partial charge in [-0.15, -0.1) is 0 Å². The van der Waals surface area contributed by atoms with E-state index in [9.17, 15) is 14.7 Å². The fraction of sp³-hybridized carbons (Fsp3) is 0.0833. The van der Waals surface area contributed by atoms with Gasteiger partial charge in [-0.05, 0) is 12.1 Å². The molecule has 1 heterocycles. The topological polar surface area (TPSA) is 104 Å². The Kier molecular flexibility index (Phi) is 3.19. The van der Waals surface area contributed by atoms with E-state index in [0.29, 0.717) is 5.69 Å². The van der Waals surface area contributed by atoms with E-state index < -0.39 is 17.6 Å². The van der Waals surface area contributed by atoms with Gasteiger partial charge in [0.05, 0.1) is 0 Å². The average molecular weight is 262 g/mol. The van der Waals surface area contributed by atoms with Gasteiger partial charge in [-0.25, -0.2) is 4.79 Å². The Morgan fingerprint density at radius 3 is 2.63 bits per heavy atom. The van der Waals surface area contributed by atoms with Crippen LogP contribution in [0.4, 0.5) is 5.69 Å². The molecule has 0 bridgehead atoms. The minimum absolute atomic E-state index is 0.0172. The van der Waals surface area contributed by atoms with Gasteiger partial charge < -0.3 is 19.6 Å². The van der Waals surface area contributed by atoms with Crippen molar-refractivity contribution < 1.29 is 24.3 Å². The van der Waals surface area contributed by atoms with Crippen LogP contribution in [-0.4, -0.2) is 34.3 Å². The highest BCUT2D eigenvalue weighted by Crippen LogP contribution is 2.20. The second kappa shape index (κ2) is 4.81. The molecular formula is C12H10N2O5. The Morgan fingerprint density at radius 1 is 1.32 bits per heavy atom. The number of aromatic nitrogens is 1. The minimum Gasteiger partial charge on any atom is -0.508 e. The number of phenols is 1. The van der Waals surface area contributed by atoms with Gasteiger partial charge in [0.2, 0.25) is 5.76 Å². The van der Waals surface area contributed by atoms with E-state index in [1.54, 1.807) is 12.1 Å². The molecule has 0 saturated carbocycles. The van der Waals surface area contributed by atoms with Gasteiger partial charge >= 0.3 is 5.97 Å². The van der Waals surface area contributed by atoms with Crippen LogP contribution >= 0.6 is 0 Å². The highest BCUT2D eigenvalue weighted by atomic mass is 16.5. The summed E-state index contributed by atoms with van der Waals surface area (Å²) in [6, 6.07) is 7.12. The number of amides is 1. The monoisotopic (exact) mass is 262 g/mol. The number of aromatic carboxylic acids is 1. The second-order valence-corrected chi connectivity index (χ2v) is 3.77. The molecule has 0 aliphatic rings. The van der Waals surface area contributed by atoms with Gasteiger partial charge in [-0.1, -0.05) is 11.2 Å². The number of rotatable bonds is 3. The number of carboxylic acid groups (broad SMARTS) is 1. The molecule has 0 radical (unpaired) electrons. The Morgan fingerprint density at radius 2 is 2.05 bits per heavy atom. The van der Waals surface area contributed by atoms with Crippen molar-refractivity contribution in [2.75, 3.05) is 11.9 Å². The summed E-state index contributed by atoms with van der Waals surface area (Å²) in [5.74, 6) is -2.23. The quantitative estimate of drug-likeness (QED) is 0.865. The molecule has 0 aliphatic heterocycles. The highest BCUT2D eigenvalue weighted by Gasteiger charge is 2.20. The summed E-state index contributed by atoms with van der Waals surface area (Å²) < 4.78 is 4.51. The molecule has 0 fully saturated rings. The summed E-state index contributed by atoms with van der Waals surface area (Å²) in [6.45, 7) is 0. The molecule has 0 unspecified atom stereocenters. The van der Waals surface area contributed by atoms with Crippen molar-refractivity contribution in [1.82, 2.24) is 5.16 Å². The van der Waals surface area contributed by atoms with E-state index >= 15 is 0 Å². The van der Waals surface area contributed by atoms with Crippen LogP contribution in [-0.2, 0) is 0 Å². The normalized spacial score (nSPS) is 10.2. The lowest BCUT2D eigenvalue weighted by Gasteiger charge is -2.15. The summed E-state index contributed by atoms with van der Waals surface area (Å²) in [7, 11) is 1.48. The Bertz CT molecular complexity index is 635. The van der Waals surface area contributed by atoms with Crippen molar-refractivity contribution in [2.45, 2.75) is 0 Å². The van der Waals surface area contributed by atoms with Gasteiger partial charge in [0.25, 0.3) is 5.91 Å². The van der Waals surface area contributed by atoms with Crippen LogP contribution in [0.3, 0.4) is 0 Å². The molecule has 2 aromatic rings. The zero-order chi connectivity index (χ0) is 14.0. The van der Waals surface area contributed by atoms with Gasteiger partial charge in [-0.3, -0.25) is 4.79 Å². The average Bonchev–Trinajstić information content (AvgIpc) is 2.86. The first kappa shape index (κ1) is 12.6. The van der Waals surface area contributed by atoms with Crippen LogP contribution in [0.15, 0.2) is 34.9 Å². The Hall–Kier alpha value is -2.83. The van der Waals surface area contributed by atoms with Crippen LogP contribution in [0.2, 0.25) is 0 Å². The van der Waals surface area contributed by atoms with E-state index in [1.807, 2.05) is 0 Å². The lowest BCUT2D eigenvalue weighted by atomic mass is 10.2. The number of carbonyl (C=O) groups excluding carboxylic acids is 1. The fourth-order valence-electron chi connectivity index (χ4n) is 1.47. The van der Waals surface area contributed by atoms with Gasteiger partial charge in [0.15, 0.2) is 5.69 Å². The van der Waals surface area contributed by atoms with Crippen LogP contribution in [0.5, 0.6) is 5.75 Å². The van der Waals surface area contributed by atoms with E-state index in [2.05, 4.69) is 9.68 Å². The molecule has 98 valence electrons. The maximum absolute atomic E-state index is 12.0.